The second-order valence-electron chi connectivity index (χ2n) is 7.35. The van der Waals surface area contributed by atoms with Crippen LogP contribution in [-0.4, -0.2) is 40.5 Å². The number of ether oxygens (including phenoxy) is 1. The Bertz CT molecular complexity index is 1170. The number of rotatable bonds is 5. The molecule has 0 saturated carbocycles. The van der Waals surface area contributed by atoms with Gasteiger partial charge >= 0.3 is 5.97 Å². The number of aromatic amines is 1. The summed E-state index contributed by atoms with van der Waals surface area (Å²) in [6.45, 7) is 3.65. The minimum atomic E-state index is -0.974. The Hall–Kier alpha value is -3.45. The van der Waals surface area contributed by atoms with E-state index in [1.165, 1.54) is 13.8 Å². The van der Waals surface area contributed by atoms with E-state index in [2.05, 4.69) is 10.2 Å². The quantitative estimate of drug-likeness (QED) is 0.480. The Labute approximate surface area is 184 Å². The number of hydrogen-bond acceptors (Lipinski definition) is 5. The Morgan fingerprint density at radius 1 is 1.13 bits per heavy atom. The second kappa shape index (κ2) is 8.35. The summed E-state index contributed by atoms with van der Waals surface area (Å²) >= 11 is 5.89. The summed E-state index contributed by atoms with van der Waals surface area (Å²) in [5.74, 6) is -1.01. The number of anilines is 1. The van der Waals surface area contributed by atoms with Crippen molar-refractivity contribution in [3.05, 3.63) is 70.4 Å². The van der Waals surface area contributed by atoms with Crippen LogP contribution in [0.4, 0.5) is 5.69 Å². The molecule has 2 heterocycles. The Kier molecular flexibility index (Phi) is 5.61. The van der Waals surface area contributed by atoms with Gasteiger partial charge in [0.05, 0.1) is 5.69 Å². The van der Waals surface area contributed by atoms with Crippen molar-refractivity contribution >= 4 is 34.9 Å². The lowest BCUT2D eigenvalue weighted by atomic mass is 10.0. The lowest BCUT2D eigenvalue weighted by Gasteiger charge is -2.15. The van der Waals surface area contributed by atoms with E-state index < -0.39 is 12.1 Å². The maximum Gasteiger partial charge on any atom is 0.357 e. The molecular formula is C23H20ClN3O4. The molecule has 1 amide bonds. The van der Waals surface area contributed by atoms with Crippen LogP contribution in [-0.2, 0) is 16.0 Å². The fourth-order valence-corrected chi connectivity index (χ4v) is 3.72. The predicted octanol–water partition coefficient (Wildman–Crippen LogP) is 4.07. The number of ketones is 1. The molecule has 1 aromatic heterocycles. The van der Waals surface area contributed by atoms with Crippen molar-refractivity contribution in [3.63, 3.8) is 0 Å². The van der Waals surface area contributed by atoms with Crippen LogP contribution in [0.25, 0.3) is 11.3 Å². The molecule has 1 N–H and O–H groups in total. The number of carbonyl (C=O) groups excluding carboxylic acids is 3. The molecule has 3 aromatic rings. The fourth-order valence-electron chi connectivity index (χ4n) is 3.59. The van der Waals surface area contributed by atoms with Gasteiger partial charge < -0.3 is 9.64 Å². The van der Waals surface area contributed by atoms with Crippen molar-refractivity contribution in [2.75, 3.05) is 11.4 Å². The summed E-state index contributed by atoms with van der Waals surface area (Å²) in [7, 11) is 0. The van der Waals surface area contributed by atoms with Gasteiger partial charge in [0, 0.05) is 35.3 Å². The first kappa shape index (κ1) is 20.8. The molecule has 1 aliphatic heterocycles. The average molecular weight is 438 g/mol. The Morgan fingerprint density at radius 2 is 1.87 bits per heavy atom. The number of esters is 1. The summed E-state index contributed by atoms with van der Waals surface area (Å²) < 4.78 is 5.35. The van der Waals surface area contributed by atoms with E-state index in [1.54, 1.807) is 53.4 Å². The first-order valence-corrected chi connectivity index (χ1v) is 10.2. The van der Waals surface area contributed by atoms with Crippen molar-refractivity contribution in [2.24, 2.45) is 0 Å². The van der Waals surface area contributed by atoms with E-state index in [9.17, 15) is 14.4 Å². The van der Waals surface area contributed by atoms with Crippen molar-refractivity contribution in [1.82, 2.24) is 10.2 Å². The van der Waals surface area contributed by atoms with Crippen LogP contribution in [0, 0.1) is 0 Å². The Balaban J connectivity index is 1.44. The first-order valence-electron chi connectivity index (χ1n) is 9.81. The van der Waals surface area contributed by atoms with Gasteiger partial charge in [0.15, 0.2) is 6.10 Å². The highest BCUT2D eigenvalue weighted by molar-refractivity contribution is 6.30. The third-order valence-electron chi connectivity index (χ3n) is 5.23. The summed E-state index contributed by atoms with van der Waals surface area (Å²) in [5.41, 5.74) is 3.70. The van der Waals surface area contributed by atoms with E-state index in [-0.39, 0.29) is 17.4 Å². The van der Waals surface area contributed by atoms with Gasteiger partial charge in [-0.3, -0.25) is 14.7 Å². The molecule has 1 atom stereocenters. The summed E-state index contributed by atoms with van der Waals surface area (Å²) in [5, 5.41) is 7.37. The molecule has 0 fully saturated rings. The third kappa shape index (κ3) is 4.22. The topological polar surface area (TPSA) is 92.4 Å². The SMILES string of the molecule is CC(=O)N1CCc2cc(C(=O)C(C)OC(=O)c3cc(-c4ccc(Cl)cc4)n[nH]3)ccc21. The van der Waals surface area contributed by atoms with Gasteiger partial charge in [-0.1, -0.05) is 23.7 Å². The number of aromatic nitrogens is 2. The largest absolute Gasteiger partial charge is 0.450 e. The van der Waals surface area contributed by atoms with Gasteiger partial charge in [-0.15, -0.1) is 0 Å². The zero-order valence-corrected chi connectivity index (χ0v) is 17.8. The van der Waals surface area contributed by atoms with E-state index in [0.717, 1.165) is 16.8 Å². The van der Waals surface area contributed by atoms with Crippen LogP contribution in [0.2, 0.25) is 5.02 Å². The average Bonchev–Trinajstić information content (AvgIpc) is 3.40. The maximum absolute atomic E-state index is 12.8. The fraction of sp³-hybridized carbons (Fsp3) is 0.217. The Morgan fingerprint density at radius 3 is 2.58 bits per heavy atom. The van der Waals surface area contributed by atoms with Gasteiger partial charge in [-0.2, -0.15) is 5.10 Å². The van der Waals surface area contributed by atoms with Crippen LogP contribution in [0.1, 0.15) is 40.3 Å². The zero-order chi connectivity index (χ0) is 22.1. The molecule has 0 spiro atoms. The molecule has 1 unspecified atom stereocenters. The van der Waals surface area contributed by atoms with Gasteiger partial charge in [0.25, 0.3) is 0 Å². The van der Waals surface area contributed by atoms with Crippen LogP contribution in [0.15, 0.2) is 48.5 Å². The number of hydrogen-bond donors (Lipinski definition) is 1. The number of carbonyl (C=O) groups is 3. The van der Waals surface area contributed by atoms with Crippen molar-refractivity contribution < 1.29 is 19.1 Å². The number of H-pyrrole nitrogens is 1. The number of amides is 1. The molecule has 0 bridgehead atoms. The van der Waals surface area contributed by atoms with Gasteiger partial charge in [0.2, 0.25) is 11.7 Å². The van der Waals surface area contributed by atoms with Crippen LogP contribution in [0.3, 0.4) is 0 Å². The highest BCUT2D eigenvalue weighted by Crippen LogP contribution is 2.29. The van der Waals surface area contributed by atoms with Crippen molar-refractivity contribution in [1.29, 1.82) is 0 Å². The molecule has 2 aromatic carbocycles. The van der Waals surface area contributed by atoms with Crippen LogP contribution in [0.5, 0.6) is 0 Å². The third-order valence-corrected chi connectivity index (χ3v) is 5.48. The highest BCUT2D eigenvalue weighted by Gasteiger charge is 2.26. The molecule has 4 rings (SSSR count). The maximum atomic E-state index is 12.8. The molecule has 1 aliphatic rings. The minimum Gasteiger partial charge on any atom is -0.450 e. The number of nitrogens with zero attached hydrogens (tertiary/aromatic N) is 2. The molecule has 8 heteroatoms. The van der Waals surface area contributed by atoms with Gasteiger partial charge in [0.1, 0.15) is 5.69 Å². The predicted molar refractivity (Wildman–Crippen MR) is 116 cm³/mol. The number of nitrogens with one attached hydrogen (secondary N) is 1. The second-order valence-corrected chi connectivity index (χ2v) is 7.79. The van der Waals surface area contributed by atoms with E-state index in [1.807, 2.05) is 0 Å². The lowest BCUT2D eigenvalue weighted by molar-refractivity contribution is -0.116. The smallest absolute Gasteiger partial charge is 0.357 e. The number of benzene rings is 2. The van der Waals surface area contributed by atoms with Crippen LogP contribution < -0.4 is 4.90 Å². The molecule has 7 nitrogen and oxygen atoms in total. The van der Waals surface area contributed by atoms with Gasteiger partial charge in [-0.25, -0.2) is 4.79 Å². The summed E-state index contributed by atoms with van der Waals surface area (Å²) in [6, 6.07) is 13.8. The standard InChI is InChI=1S/C23H20ClN3O4/c1-13(22(29)17-5-8-21-16(11-17)9-10-27(21)14(2)28)31-23(30)20-12-19(25-26-20)15-3-6-18(24)7-4-15/h3-8,11-13H,9-10H2,1-2H3,(H,25,26). The molecular weight excluding hydrogens is 418 g/mol. The first-order chi connectivity index (χ1) is 14.8. The summed E-state index contributed by atoms with van der Waals surface area (Å²) in [6.07, 6.45) is -0.288. The molecule has 31 heavy (non-hydrogen) atoms. The minimum absolute atomic E-state index is 0.0300. The zero-order valence-electron chi connectivity index (χ0n) is 17.0. The monoisotopic (exact) mass is 437 g/mol. The normalized spacial score (nSPS) is 13.6. The van der Waals surface area contributed by atoms with E-state index in [4.69, 9.17) is 16.3 Å². The van der Waals surface area contributed by atoms with Crippen molar-refractivity contribution in [3.8, 4) is 11.3 Å². The molecule has 0 radical (unpaired) electrons. The number of halogens is 1. The highest BCUT2D eigenvalue weighted by atomic mass is 35.5. The number of fused-ring (bicyclic) bond motifs is 1. The van der Waals surface area contributed by atoms with Gasteiger partial charge in [-0.05, 0) is 55.3 Å². The lowest BCUT2D eigenvalue weighted by Crippen LogP contribution is -2.26. The molecule has 0 saturated heterocycles. The number of Topliss-reactive ketones (excluding diaryl/α,β-unsaturated/α-hetero) is 1. The molecule has 0 aliphatic carbocycles. The van der Waals surface area contributed by atoms with Crippen molar-refractivity contribution in [2.45, 2.75) is 26.4 Å². The molecule has 158 valence electrons. The van der Waals surface area contributed by atoms with Crippen LogP contribution >= 0.6 is 11.6 Å². The van der Waals surface area contributed by atoms with E-state index in [0.29, 0.717) is 29.2 Å². The van der Waals surface area contributed by atoms with E-state index >= 15 is 0 Å². The summed E-state index contributed by atoms with van der Waals surface area (Å²) in [4.78, 5) is 38.6.